The Balaban J connectivity index is 1.36. The van der Waals surface area contributed by atoms with Crippen LogP contribution in [0.2, 0.25) is 0 Å². The van der Waals surface area contributed by atoms with Gasteiger partial charge in [-0.3, -0.25) is 19.2 Å². The van der Waals surface area contributed by atoms with Crippen LogP contribution in [0.4, 0.5) is 11.4 Å². The molecule has 3 amide bonds. The highest BCUT2D eigenvalue weighted by atomic mass is 79.9. The summed E-state index contributed by atoms with van der Waals surface area (Å²) in [5.41, 5.74) is 2.18. The fraction of sp³-hybridized carbons (Fsp3) is 0.154. The summed E-state index contributed by atoms with van der Waals surface area (Å²) in [6.45, 7) is 1.96. The SMILES string of the molecule is Cc1cc(OC(=O)[C@@H]2CC(=O)N(c3ccccc3)C2)ccc1N1C(=O)c2c(Br)c(Br)c(Br)c(Br)c2C1=O. The minimum Gasteiger partial charge on any atom is -0.426 e. The van der Waals surface area contributed by atoms with Crippen molar-refractivity contribution in [2.75, 3.05) is 16.3 Å². The first-order chi connectivity index (χ1) is 17.6. The van der Waals surface area contributed by atoms with Crippen molar-refractivity contribution in [3.05, 3.63) is 83.1 Å². The van der Waals surface area contributed by atoms with Crippen LogP contribution >= 0.6 is 63.7 Å². The van der Waals surface area contributed by atoms with Gasteiger partial charge in [0.25, 0.3) is 11.8 Å². The molecule has 0 saturated carbocycles. The van der Waals surface area contributed by atoms with Gasteiger partial charge in [-0.05, 0) is 107 Å². The van der Waals surface area contributed by atoms with Crippen LogP contribution in [-0.4, -0.2) is 30.2 Å². The van der Waals surface area contributed by atoms with Gasteiger partial charge in [0.15, 0.2) is 0 Å². The summed E-state index contributed by atoms with van der Waals surface area (Å²) in [6, 6.07) is 13.9. The van der Waals surface area contributed by atoms with Gasteiger partial charge in [-0.2, -0.15) is 0 Å². The van der Waals surface area contributed by atoms with Crippen LogP contribution in [0.25, 0.3) is 0 Å². The molecule has 37 heavy (non-hydrogen) atoms. The van der Waals surface area contributed by atoms with Crippen molar-refractivity contribution in [3.8, 4) is 5.75 Å². The van der Waals surface area contributed by atoms with E-state index in [0.29, 0.717) is 29.1 Å². The lowest BCUT2D eigenvalue weighted by Gasteiger charge is -2.18. The van der Waals surface area contributed by atoms with E-state index in [9.17, 15) is 19.2 Å². The number of hydrogen-bond donors (Lipinski definition) is 0. The third kappa shape index (κ3) is 4.49. The molecule has 3 aromatic rings. The van der Waals surface area contributed by atoms with E-state index in [2.05, 4.69) is 63.7 Å². The van der Waals surface area contributed by atoms with E-state index in [1.165, 1.54) is 6.07 Å². The van der Waals surface area contributed by atoms with E-state index < -0.39 is 23.7 Å². The molecule has 2 aliphatic rings. The average Bonchev–Trinajstić information content (AvgIpc) is 3.39. The van der Waals surface area contributed by atoms with Gasteiger partial charge in [-0.15, -0.1) is 0 Å². The molecule has 0 bridgehead atoms. The van der Waals surface area contributed by atoms with Crippen LogP contribution < -0.4 is 14.5 Å². The molecule has 0 spiro atoms. The van der Waals surface area contributed by atoms with Crippen molar-refractivity contribution in [3.63, 3.8) is 0 Å². The Bertz CT molecular complexity index is 1460. The Morgan fingerprint density at radius 3 is 2.03 bits per heavy atom. The number of imide groups is 1. The Morgan fingerprint density at radius 2 is 1.46 bits per heavy atom. The molecular formula is C26H16Br4N2O5. The van der Waals surface area contributed by atoms with Gasteiger partial charge in [0.05, 0.1) is 22.7 Å². The van der Waals surface area contributed by atoms with E-state index >= 15 is 0 Å². The minimum atomic E-state index is -0.601. The highest BCUT2D eigenvalue weighted by molar-refractivity contribution is 9.15. The number of para-hydroxylation sites is 1. The second-order valence-electron chi connectivity index (χ2n) is 8.56. The van der Waals surface area contributed by atoms with Gasteiger partial charge >= 0.3 is 5.97 Å². The van der Waals surface area contributed by atoms with E-state index in [-0.39, 0.29) is 35.7 Å². The topological polar surface area (TPSA) is 84.0 Å². The first kappa shape index (κ1) is 26.3. The molecule has 0 N–H and O–H groups in total. The fourth-order valence-corrected chi connectivity index (χ4v) is 6.89. The molecule has 11 heteroatoms. The van der Waals surface area contributed by atoms with Crippen molar-refractivity contribution in [2.45, 2.75) is 13.3 Å². The molecule has 0 aromatic heterocycles. The molecule has 5 rings (SSSR count). The van der Waals surface area contributed by atoms with E-state index in [1.54, 1.807) is 24.0 Å². The summed E-state index contributed by atoms with van der Waals surface area (Å²) < 4.78 is 7.74. The van der Waals surface area contributed by atoms with Crippen LogP contribution in [0.1, 0.15) is 32.7 Å². The van der Waals surface area contributed by atoms with Crippen molar-refractivity contribution in [1.29, 1.82) is 0 Å². The number of carbonyl (C=O) groups excluding carboxylic acids is 4. The number of anilines is 2. The van der Waals surface area contributed by atoms with Gasteiger partial charge in [0.2, 0.25) is 5.91 Å². The number of esters is 1. The number of halogens is 4. The summed E-state index contributed by atoms with van der Waals surface area (Å²) in [7, 11) is 0. The molecule has 2 aliphatic heterocycles. The number of hydrogen-bond acceptors (Lipinski definition) is 5. The molecule has 2 heterocycles. The molecule has 0 radical (unpaired) electrons. The molecule has 0 aliphatic carbocycles. The summed E-state index contributed by atoms with van der Waals surface area (Å²) in [4.78, 5) is 54.6. The summed E-state index contributed by atoms with van der Waals surface area (Å²) in [5.74, 6) is -1.93. The lowest BCUT2D eigenvalue weighted by atomic mass is 10.1. The maximum atomic E-state index is 13.3. The lowest BCUT2D eigenvalue weighted by molar-refractivity contribution is -0.139. The normalized spacial score (nSPS) is 17.0. The van der Waals surface area contributed by atoms with E-state index in [4.69, 9.17) is 4.74 Å². The molecule has 1 saturated heterocycles. The van der Waals surface area contributed by atoms with Crippen molar-refractivity contribution >= 4 is 98.8 Å². The van der Waals surface area contributed by atoms with Crippen molar-refractivity contribution in [2.24, 2.45) is 5.92 Å². The molecule has 0 unspecified atom stereocenters. The average molecular weight is 756 g/mol. The molecule has 3 aromatic carbocycles. The predicted molar refractivity (Wildman–Crippen MR) is 152 cm³/mol. The number of carbonyl (C=O) groups is 4. The molecular weight excluding hydrogens is 740 g/mol. The van der Waals surface area contributed by atoms with Crippen LogP contribution in [0.5, 0.6) is 5.75 Å². The molecule has 1 atom stereocenters. The maximum Gasteiger partial charge on any atom is 0.316 e. The Hall–Kier alpha value is -2.34. The van der Waals surface area contributed by atoms with Crippen LogP contribution in [0, 0.1) is 12.8 Å². The minimum absolute atomic E-state index is 0.0642. The largest absolute Gasteiger partial charge is 0.426 e. The number of aryl methyl sites for hydroxylation is 1. The Morgan fingerprint density at radius 1 is 0.865 bits per heavy atom. The highest BCUT2D eigenvalue weighted by Gasteiger charge is 2.42. The number of rotatable bonds is 4. The van der Waals surface area contributed by atoms with Crippen LogP contribution in [0.15, 0.2) is 66.4 Å². The first-order valence-electron chi connectivity index (χ1n) is 11.0. The monoisotopic (exact) mass is 752 g/mol. The summed E-state index contributed by atoms with van der Waals surface area (Å²) in [5, 5.41) is 0. The van der Waals surface area contributed by atoms with Crippen LogP contribution in [-0.2, 0) is 9.59 Å². The quantitative estimate of drug-likeness (QED) is 0.0962. The predicted octanol–water partition coefficient (Wildman–Crippen LogP) is 6.80. The Labute approximate surface area is 245 Å². The van der Waals surface area contributed by atoms with Gasteiger partial charge in [0.1, 0.15) is 5.75 Å². The third-order valence-corrected chi connectivity index (χ3v) is 11.0. The zero-order valence-electron chi connectivity index (χ0n) is 19.1. The number of nitrogens with zero attached hydrogens (tertiary/aromatic N) is 2. The van der Waals surface area contributed by atoms with Crippen LogP contribution in [0.3, 0.4) is 0 Å². The number of amides is 3. The zero-order valence-corrected chi connectivity index (χ0v) is 25.4. The first-order valence-corrected chi connectivity index (χ1v) is 14.2. The number of benzene rings is 3. The number of ether oxygens (including phenoxy) is 1. The third-order valence-electron chi connectivity index (χ3n) is 6.25. The van der Waals surface area contributed by atoms with E-state index in [1.807, 2.05) is 30.3 Å². The maximum absolute atomic E-state index is 13.3. The smallest absolute Gasteiger partial charge is 0.316 e. The number of fused-ring (bicyclic) bond motifs is 1. The summed E-state index contributed by atoms with van der Waals surface area (Å²) in [6.07, 6.45) is 0.0642. The lowest BCUT2D eigenvalue weighted by Crippen LogP contribution is -2.30. The van der Waals surface area contributed by atoms with Gasteiger partial charge in [-0.1, -0.05) is 18.2 Å². The summed E-state index contributed by atoms with van der Waals surface area (Å²) >= 11 is 13.7. The second kappa shape index (κ2) is 10.1. The van der Waals surface area contributed by atoms with Crippen molar-refractivity contribution < 1.29 is 23.9 Å². The van der Waals surface area contributed by atoms with Gasteiger partial charge in [0, 0.05) is 36.5 Å². The molecule has 7 nitrogen and oxygen atoms in total. The zero-order chi connectivity index (χ0) is 26.6. The van der Waals surface area contributed by atoms with Gasteiger partial charge < -0.3 is 9.64 Å². The Kier molecular flexibility index (Phi) is 7.16. The fourth-order valence-electron chi connectivity index (χ4n) is 4.43. The molecule has 1 fully saturated rings. The van der Waals surface area contributed by atoms with Gasteiger partial charge in [-0.25, -0.2) is 4.90 Å². The van der Waals surface area contributed by atoms with E-state index in [0.717, 1.165) is 10.6 Å². The van der Waals surface area contributed by atoms with Crippen molar-refractivity contribution in [1.82, 2.24) is 0 Å². The standard InChI is InChI=1S/C26H16Br4N2O5/c1-12-9-15(37-26(36)13-10-17(33)31(11-13)14-5-3-2-4-6-14)7-8-16(12)32-24(34)18-19(25(32)35)21(28)23(30)22(29)20(18)27/h2-9,13H,10-11H2,1H3/t13-/m1/s1. The highest BCUT2D eigenvalue weighted by Crippen LogP contribution is 2.46. The second-order valence-corrected chi connectivity index (χ2v) is 11.7. The molecule has 188 valence electrons.